The summed E-state index contributed by atoms with van der Waals surface area (Å²) in [4.78, 5) is 0.0859. The molecule has 7 heteroatoms. The van der Waals surface area contributed by atoms with Crippen molar-refractivity contribution in [2.75, 3.05) is 6.61 Å². The van der Waals surface area contributed by atoms with E-state index in [9.17, 15) is 8.42 Å². The van der Waals surface area contributed by atoms with E-state index in [1.165, 1.54) is 12.1 Å². The number of nitrogens with zero attached hydrogens (tertiary/aromatic N) is 1. The van der Waals surface area contributed by atoms with Gasteiger partial charge in [-0.25, -0.2) is 8.42 Å². The Balaban J connectivity index is 3.11. The van der Waals surface area contributed by atoms with Gasteiger partial charge in [0.15, 0.2) is 0 Å². The number of nitriles is 1. The van der Waals surface area contributed by atoms with Crippen LogP contribution in [0.5, 0.6) is 5.75 Å². The zero-order valence-corrected chi connectivity index (χ0v) is 14.0. The molecular weight excluding hydrogens is 344 g/mol. The van der Waals surface area contributed by atoms with Crippen LogP contribution in [0, 0.1) is 11.3 Å². The molecule has 0 saturated heterocycles. The Morgan fingerprint density at radius 2 is 2.10 bits per heavy atom. The Kier molecular flexibility index (Phi) is 5.57. The van der Waals surface area contributed by atoms with Crippen molar-refractivity contribution in [3.05, 3.63) is 22.7 Å². The quantitative estimate of drug-likeness (QED) is 0.845. The smallest absolute Gasteiger partial charge is 0.241 e. The Hall–Kier alpha value is -1.10. The van der Waals surface area contributed by atoms with Crippen LogP contribution in [0.15, 0.2) is 27.6 Å². The van der Waals surface area contributed by atoms with Crippen LogP contribution in [0.1, 0.15) is 27.2 Å². The molecule has 0 bridgehead atoms. The molecule has 0 aliphatic rings. The maximum atomic E-state index is 12.3. The van der Waals surface area contributed by atoms with Crippen molar-refractivity contribution >= 4 is 26.0 Å². The van der Waals surface area contributed by atoms with Gasteiger partial charge in [0.05, 0.1) is 22.0 Å². The predicted octanol–water partition coefficient (Wildman–Crippen LogP) is 2.82. The Labute approximate surface area is 128 Å². The standard InChI is InChI=1S/C13H17BrN2O3S/c1-4-13(3,9-15)16-20(17,18)10-6-7-12(19-5-2)11(14)8-10/h6-8,16H,4-5H2,1-3H3/t13-/m0/s1. The van der Waals surface area contributed by atoms with Crippen molar-refractivity contribution in [2.24, 2.45) is 0 Å². The van der Waals surface area contributed by atoms with Crippen molar-refractivity contribution in [1.29, 1.82) is 5.26 Å². The Bertz CT molecular complexity index is 625. The van der Waals surface area contributed by atoms with E-state index in [4.69, 9.17) is 10.00 Å². The third kappa shape index (κ3) is 3.95. The van der Waals surface area contributed by atoms with Gasteiger partial charge in [0, 0.05) is 0 Å². The summed E-state index contributed by atoms with van der Waals surface area (Å²) in [6.45, 7) is 5.64. The number of ether oxygens (including phenoxy) is 1. The summed E-state index contributed by atoms with van der Waals surface area (Å²) in [5.41, 5.74) is -1.12. The van der Waals surface area contributed by atoms with Gasteiger partial charge in [-0.3, -0.25) is 0 Å². The number of hydrogen-bond acceptors (Lipinski definition) is 4. The zero-order chi connectivity index (χ0) is 15.4. The molecular formula is C13H17BrN2O3S. The monoisotopic (exact) mass is 360 g/mol. The van der Waals surface area contributed by atoms with Crippen LogP contribution in [0.25, 0.3) is 0 Å². The molecule has 1 aromatic rings. The molecule has 5 nitrogen and oxygen atoms in total. The number of benzene rings is 1. The highest BCUT2D eigenvalue weighted by atomic mass is 79.9. The van der Waals surface area contributed by atoms with Gasteiger partial charge in [0.1, 0.15) is 11.3 Å². The largest absolute Gasteiger partial charge is 0.493 e. The fraction of sp³-hybridized carbons (Fsp3) is 0.462. The zero-order valence-electron chi connectivity index (χ0n) is 11.6. The van der Waals surface area contributed by atoms with Crippen LogP contribution in [-0.4, -0.2) is 20.6 Å². The second kappa shape index (κ2) is 6.57. The van der Waals surface area contributed by atoms with Crippen molar-refractivity contribution in [3.63, 3.8) is 0 Å². The number of rotatable bonds is 6. The van der Waals surface area contributed by atoms with Crippen LogP contribution in [0.2, 0.25) is 0 Å². The molecule has 0 heterocycles. The molecule has 20 heavy (non-hydrogen) atoms. The summed E-state index contributed by atoms with van der Waals surface area (Å²) in [5.74, 6) is 0.574. The molecule has 0 fully saturated rings. The summed E-state index contributed by atoms with van der Waals surface area (Å²) in [5, 5.41) is 9.06. The minimum atomic E-state index is -3.75. The molecule has 0 amide bonds. The van der Waals surface area contributed by atoms with E-state index in [0.29, 0.717) is 23.2 Å². The lowest BCUT2D eigenvalue weighted by Crippen LogP contribution is -2.44. The molecule has 0 aromatic heterocycles. The maximum Gasteiger partial charge on any atom is 0.241 e. The SMILES string of the molecule is CCOc1ccc(S(=O)(=O)N[C@](C)(C#N)CC)cc1Br. The van der Waals surface area contributed by atoms with Gasteiger partial charge < -0.3 is 4.74 Å². The number of hydrogen-bond donors (Lipinski definition) is 1. The summed E-state index contributed by atoms with van der Waals surface area (Å²) in [6, 6.07) is 6.46. The third-order valence-electron chi connectivity index (χ3n) is 2.83. The molecule has 0 aliphatic heterocycles. The average Bonchev–Trinajstić information content (AvgIpc) is 2.40. The van der Waals surface area contributed by atoms with Gasteiger partial charge in [0.25, 0.3) is 0 Å². The molecule has 0 radical (unpaired) electrons. The first kappa shape index (κ1) is 17.0. The van der Waals surface area contributed by atoms with Crippen molar-refractivity contribution in [2.45, 2.75) is 37.6 Å². The van der Waals surface area contributed by atoms with Crippen molar-refractivity contribution < 1.29 is 13.2 Å². The van der Waals surface area contributed by atoms with Gasteiger partial charge in [-0.1, -0.05) is 6.92 Å². The van der Waals surface area contributed by atoms with E-state index in [1.807, 2.05) is 13.0 Å². The molecule has 0 aliphatic carbocycles. The van der Waals surface area contributed by atoms with Crippen LogP contribution in [-0.2, 0) is 10.0 Å². The first-order valence-electron chi connectivity index (χ1n) is 6.15. The van der Waals surface area contributed by atoms with Crippen molar-refractivity contribution in [1.82, 2.24) is 4.72 Å². The van der Waals surface area contributed by atoms with E-state index in [1.54, 1.807) is 19.9 Å². The minimum absolute atomic E-state index is 0.0859. The van der Waals surface area contributed by atoms with Crippen LogP contribution >= 0.6 is 15.9 Å². The first-order valence-corrected chi connectivity index (χ1v) is 8.43. The fourth-order valence-electron chi connectivity index (χ4n) is 1.45. The van der Waals surface area contributed by atoms with E-state index < -0.39 is 15.6 Å². The van der Waals surface area contributed by atoms with Crippen LogP contribution < -0.4 is 9.46 Å². The van der Waals surface area contributed by atoms with E-state index in [2.05, 4.69) is 20.7 Å². The number of halogens is 1. The molecule has 0 saturated carbocycles. The number of sulfonamides is 1. The van der Waals surface area contributed by atoms with Crippen LogP contribution in [0.3, 0.4) is 0 Å². The summed E-state index contributed by atoms with van der Waals surface area (Å²) in [7, 11) is -3.75. The van der Waals surface area contributed by atoms with E-state index in [-0.39, 0.29) is 4.90 Å². The minimum Gasteiger partial charge on any atom is -0.493 e. The van der Waals surface area contributed by atoms with Gasteiger partial charge in [-0.05, 0) is 54.4 Å². The lowest BCUT2D eigenvalue weighted by molar-refractivity contribution is 0.338. The van der Waals surface area contributed by atoms with Gasteiger partial charge in [-0.2, -0.15) is 9.98 Å². The van der Waals surface area contributed by atoms with E-state index >= 15 is 0 Å². The topological polar surface area (TPSA) is 79.2 Å². The summed E-state index contributed by atoms with van der Waals surface area (Å²) >= 11 is 3.27. The second-order valence-electron chi connectivity index (χ2n) is 4.43. The normalized spacial score (nSPS) is 14.3. The molecule has 1 atom stereocenters. The van der Waals surface area contributed by atoms with Crippen LogP contribution in [0.4, 0.5) is 0 Å². The molecule has 1 rings (SSSR count). The Morgan fingerprint density at radius 3 is 2.55 bits per heavy atom. The fourth-order valence-corrected chi connectivity index (χ4v) is 3.52. The molecule has 1 aromatic carbocycles. The van der Waals surface area contributed by atoms with Gasteiger partial charge in [0.2, 0.25) is 10.0 Å². The second-order valence-corrected chi connectivity index (χ2v) is 6.96. The van der Waals surface area contributed by atoms with Gasteiger partial charge in [-0.15, -0.1) is 0 Å². The van der Waals surface area contributed by atoms with Crippen molar-refractivity contribution in [3.8, 4) is 11.8 Å². The molecule has 0 spiro atoms. The highest BCUT2D eigenvalue weighted by Gasteiger charge is 2.29. The lowest BCUT2D eigenvalue weighted by Gasteiger charge is -2.21. The highest BCUT2D eigenvalue weighted by Crippen LogP contribution is 2.28. The number of nitrogens with one attached hydrogen (secondary N) is 1. The van der Waals surface area contributed by atoms with Gasteiger partial charge >= 0.3 is 0 Å². The molecule has 110 valence electrons. The maximum absolute atomic E-state index is 12.3. The van der Waals surface area contributed by atoms with E-state index in [0.717, 1.165) is 0 Å². The summed E-state index contributed by atoms with van der Waals surface area (Å²) in [6.07, 6.45) is 0.376. The summed E-state index contributed by atoms with van der Waals surface area (Å²) < 4.78 is 32.8. The first-order chi connectivity index (χ1) is 9.28. The lowest BCUT2D eigenvalue weighted by atomic mass is 10.0. The predicted molar refractivity (Wildman–Crippen MR) is 79.9 cm³/mol. The Morgan fingerprint density at radius 1 is 1.45 bits per heavy atom. The molecule has 1 N–H and O–H groups in total. The molecule has 0 unspecified atom stereocenters. The third-order valence-corrected chi connectivity index (χ3v) is 5.04. The average molecular weight is 361 g/mol. The highest BCUT2D eigenvalue weighted by molar-refractivity contribution is 9.10.